The summed E-state index contributed by atoms with van der Waals surface area (Å²) >= 11 is 6.82. The first kappa shape index (κ1) is 17.5. The second kappa shape index (κ2) is 7.26. The maximum Gasteiger partial charge on any atom is 0.272 e. The number of likely N-dealkylation sites (N-methyl/N-ethyl adjacent to an activating group) is 1. The van der Waals surface area contributed by atoms with Gasteiger partial charge in [-0.25, -0.2) is 13.4 Å². The monoisotopic (exact) mass is 386 g/mol. The van der Waals surface area contributed by atoms with Crippen LogP contribution in [0.1, 0.15) is 6.92 Å². The average Bonchev–Trinajstić information content (AvgIpc) is 3.03. The molecule has 1 fully saturated rings. The number of rotatable bonds is 5. The van der Waals surface area contributed by atoms with Gasteiger partial charge in [0.15, 0.2) is 0 Å². The highest BCUT2D eigenvalue weighted by atomic mass is 35.5. The van der Waals surface area contributed by atoms with Gasteiger partial charge in [0.2, 0.25) is 0 Å². The molecule has 1 N–H and O–H groups in total. The van der Waals surface area contributed by atoms with E-state index < -0.39 is 10.0 Å². The van der Waals surface area contributed by atoms with Crippen molar-refractivity contribution in [3.05, 3.63) is 34.8 Å². The Hall–Kier alpha value is -1.35. The summed E-state index contributed by atoms with van der Waals surface area (Å²) in [6.07, 6.45) is 1.71. The van der Waals surface area contributed by atoms with Gasteiger partial charge in [-0.05, 0) is 30.8 Å². The highest BCUT2D eigenvalue weighted by Crippen LogP contribution is 2.27. The first-order valence-electron chi connectivity index (χ1n) is 7.69. The molecule has 1 aliphatic heterocycles. The largest absolute Gasteiger partial charge is 0.368 e. The van der Waals surface area contributed by atoms with Crippen LogP contribution in [-0.2, 0) is 10.0 Å². The Labute approximate surface area is 151 Å². The van der Waals surface area contributed by atoms with Gasteiger partial charge in [-0.3, -0.25) is 4.72 Å². The molecule has 0 aliphatic carbocycles. The van der Waals surface area contributed by atoms with Gasteiger partial charge in [-0.2, -0.15) is 0 Å². The molecule has 1 saturated heterocycles. The molecular formula is C15H19ClN4O2S2. The van der Waals surface area contributed by atoms with Crippen LogP contribution in [0.25, 0.3) is 0 Å². The molecule has 0 unspecified atom stereocenters. The fraction of sp³-hybridized carbons (Fsp3) is 0.400. The highest BCUT2D eigenvalue weighted by Gasteiger charge is 2.19. The van der Waals surface area contributed by atoms with Crippen LogP contribution in [0.2, 0.25) is 4.34 Å². The summed E-state index contributed by atoms with van der Waals surface area (Å²) in [6, 6.07) is 6.63. The lowest BCUT2D eigenvalue weighted by molar-refractivity contribution is 0.271. The molecule has 6 nitrogen and oxygen atoms in total. The van der Waals surface area contributed by atoms with Crippen molar-refractivity contribution >= 4 is 44.5 Å². The molecule has 0 atom stereocenters. The van der Waals surface area contributed by atoms with Gasteiger partial charge in [0.05, 0.1) is 16.2 Å². The molecule has 0 spiro atoms. The molecule has 0 radical (unpaired) electrons. The first-order chi connectivity index (χ1) is 11.5. The van der Waals surface area contributed by atoms with E-state index in [1.54, 1.807) is 18.3 Å². The second-order valence-corrected chi connectivity index (χ2v) is 9.11. The minimum atomic E-state index is -3.64. The standard InChI is InChI=1S/C15H19ClN4O2S2/c1-2-19-7-9-20(10-8-19)12-3-5-14(17-11-12)18-24(21,22)15-6-4-13(16)23-15/h3-6,11H,2,7-10H2,1H3,(H,17,18). The Morgan fingerprint density at radius 2 is 1.96 bits per heavy atom. The lowest BCUT2D eigenvalue weighted by Crippen LogP contribution is -2.46. The van der Waals surface area contributed by atoms with Gasteiger partial charge in [0, 0.05) is 26.2 Å². The third-order valence-electron chi connectivity index (χ3n) is 3.98. The van der Waals surface area contributed by atoms with E-state index in [1.807, 2.05) is 6.07 Å². The van der Waals surface area contributed by atoms with Crippen molar-refractivity contribution in [2.24, 2.45) is 0 Å². The zero-order valence-electron chi connectivity index (χ0n) is 13.3. The number of nitrogens with zero attached hydrogens (tertiary/aromatic N) is 3. The SMILES string of the molecule is CCN1CCN(c2ccc(NS(=O)(=O)c3ccc(Cl)s3)nc2)CC1. The van der Waals surface area contributed by atoms with E-state index in [4.69, 9.17) is 11.6 Å². The lowest BCUT2D eigenvalue weighted by atomic mass is 10.3. The van der Waals surface area contributed by atoms with Crippen LogP contribution in [0, 0.1) is 0 Å². The predicted molar refractivity (Wildman–Crippen MR) is 98.7 cm³/mol. The number of aromatic nitrogens is 1. The third-order valence-corrected chi connectivity index (χ3v) is 7.06. The van der Waals surface area contributed by atoms with E-state index in [2.05, 4.69) is 26.4 Å². The number of hydrogen-bond acceptors (Lipinski definition) is 6. The zero-order chi connectivity index (χ0) is 17.2. The van der Waals surface area contributed by atoms with Gasteiger partial charge >= 0.3 is 0 Å². The van der Waals surface area contributed by atoms with E-state index >= 15 is 0 Å². The molecule has 0 saturated carbocycles. The maximum absolute atomic E-state index is 12.3. The van der Waals surface area contributed by atoms with Gasteiger partial charge in [-0.1, -0.05) is 18.5 Å². The fourth-order valence-electron chi connectivity index (χ4n) is 2.59. The van der Waals surface area contributed by atoms with Crippen LogP contribution >= 0.6 is 22.9 Å². The van der Waals surface area contributed by atoms with E-state index in [9.17, 15) is 8.42 Å². The van der Waals surface area contributed by atoms with Gasteiger partial charge in [0.25, 0.3) is 10.0 Å². The van der Waals surface area contributed by atoms with E-state index in [0.29, 0.717) is 10.2 Å². The van der Waals surface area contributed by atoms with Crippen LogP contribution in [0.4, 0.5) is 11.5 Å². The fourth-order valence-corrected chi connectivity index (χ4v) is 5.08. The van der Waals surface area contributed by atoms with Crippen LogP contribution in [0.15, 0.2) is 34.7 Å². The molecule has 2 aromatic rings. The molecule has 0 bridgehead atoms. The number of anilines is 2. The van der Waals surface area contributed by atoms with E-state index in [-0.39, 0.29) is 4.21 Å². The summed E-state index contributed by atoms with van der Waals surface area (Å²) in [7, 11) is -3.64. The molecule has 9 heteroatoms. The normalized spacial score (nSPS) is 16.3. The van der Waals surface area contributed by atoms with Crippen molar-refractivity contribution in [1.29, 1.82) is 0 Å². The number of sulfonamides is 1. The van der Waals surface area contributed by atoms with Crippen LogP contribution < -0.4 is 9.62 Å². The van der Waals surface area contributed by atoms with Crippen LogP contribution in [-0.4, -0.2) is 51.0 Å². The number of thiophene rings is 1. The summed E-state index contributed by atoms with van der Waals surface area (Å²) in [5.41, 5.74) is 1.01. The number of piperazine rings is 1. The first-order valence-corrected chi connectivity index (χ1v) is 10.4. The topological polar surface area (TPSA) is 65.5 Å². The quantitative estimate of drug-likeness (QED) is 0.855. The van der Waals surface area contributed by atoms with Crippen LogP contribution in [0.5, 0.6) is 0 Å². The van der Waals surface area contributed by atoms with Crippen LogP contribution in [0.3, 0.4) is 0 Å². The molecule has 1 aliphatic rings. The number of hydrogen-bond donors (Lipinski definition) is 1. The van der Waals surface area contributed by atoms with E-state index in [1.165, 1.54) is 6.07 Å². The highest BCUT2D eigenvalue weighted by molar-refractivity contribution is 7.94. The molecular weight excluding hydrogens is 368 g/mol. The molecule has 2 aromatic heterocycles. The van der Waals surface area contributed by atoms with Crippen molar-refractivity contribution in [2.45, 2.75) is 11.1 Å². The molecule has 24 heavy (non-hydrogen) atoms. The van der Waals surface area contributed by atoms with Crippen molar-refractivity contribution in [2.75, 3.05) is 42.3 Å². The van der Waals surface area contributed by atoms with Gasteiger partial charge in [0.1, 0.15) is 10.0 Å². The Bertz CT molecular complexity index is 784. The third kappa shape index (κ3) is 4.00. The van der Waals surface area contributed by atoms with Crippen molar-refractivity contribution < 1.29 is 8.42 Å². The Morgan fingerprint density at radius 3 is 2.50 bits per heavy atom. The number of halogens is 1. The van der Waals surface area contributed by atoms with Gasteiger partial charge < -0.3 is 9.80 Å². The number of pyridine rings is 1. The molecule has 3 heterocycles. The smallest absolute Gasteiger partial charge is 0.272 e. The second-order valence-electron chi connectivity index (χ2n) is 5.49. The van der Waals surface area contributed by atoms with Crippen molar-refractivity contribution in [3.63, 3.8) is 0 Å². The Kier molecular flexibility index (Phi) is 5.29. The van der Waals surface area contributed by atoms with E-state index in [0.717, 1.165) is 49.7 Å². The molecule has 0 aromatic carbocycles. The Morgan fingerprint density at radius 1 is 1.21 bits per heavy atom. The lowest BCUT2D eigenvalue weighted by Gasteiger charge is -2.35. The Balaban J connectivity index is 1.67. The summed E-state index contributed by atoms with van der Waals surface area (Å²) in [4.78, 5) is 8.90. The zero-order valence-corrected chi connectivity index (χ0v) is 15.7. The predicted octanol–water partition coefficient (Wildman–Crippen LogP) is 2.74. The molecule has 3 rings (SSSR count). The molecule has 130 valence electrons. The number of nitrogens with one attached hydrogen (secondary N) is 1. The minimum Gasteiger partial charge on any atom is -0.368 e. The van der Waals surface area contributed by atoms with Crippen molar-refractivity contribution in [3.8, 4) is 0 Å². The average molecular weight is 387 g/mol. The maximum atomic E-state index is 12.3. The molecule has 0 amide bonds. The van der Waals surface area contributed by atoms with Crippen molar-refractivity contribution in [1.82, 2.24) is 9.88 Å². The minimum absolute atomic E-state index is 0.175. The summed E-state index contributed by atoms with van der Waals surface area (Å²) < 4.78 is 27.6. The summed E-state index contributed by atoms with van der Waals surface area (Å²) in [5.74, 6) is 0.301. The summed E-state index contributed by atoms with van der Waals surface area (Å²) in [6.45, 7) is 7.20. The van der Waals surface area contributed by atoms with Gasteiger partial charge in [-0.15, -0.1) is 11.3 Å². The summed E-state index contributed by atoms with van der Waals surface area (Å²) in [5, 5.41) is 0.